The van der Waals surface area contributed by atoms with Gasteiger partial charge in [-0.15, -0.1) is 0 Å². The Kier molecular flexibility index (Phi) is 9.89. The van der Waals surface area contributed by atoms with Crippen LogP contribution in [0.5, 0.6) is 6.01 Å². The SMILES string of the molecule is C=CC(=O)N1CCN(c2nc(=O)n(-c3c(C(C)C)nc(OCC(C)(C)O)nc3C(C)C)c3nc(-c4ccccc4F)c(Cl)cc23)[C@@H](C)C1. The number of benzene rings is 1. The first kappa shape index (κ1) is 34.9. The highest BCUT2D eigenvalue weighted by Crippen LogP contribution is 2.37. The number of halogens is 2. The molecule has 0 saturated carbocycles. The summed E-state index contributed by atoms with van der Waals surface area (Å²) >= 11 is 6.85. The molecule has 48 heavy (non-hydrogen) atoms. The van der Waals surface area contributed by atoms with Gasteiger partial charge in [-0.3, -0.25) is 4.79 Å². The zero-order chi connectivity index (χ0) is 35.1. The molecule has 0 spiro atoms. The number of fused-ring (bicyclic) bond motifs is 1. The molecule has 5 rings (SSSR count). The van der Waals surface area contributed by atoms with Crippen LogP contribution in [0, 0.1) is 5.82 Å². The molecule has 13 heteroatoms. The number of aromatic nitrogens is 5. The Morgan fingerprint density at radius 2 is 1.77 bits per heavy atom. The molecule has 0 radical (unpaired) electrons. The number of amides is 1. The van der Waals surface area contributed by atoms with Gasteiger partial charge in [0.25, 0.3) is 0 Å². The van der Waals surface area contributed by atoms with E-state index in [1.54, 1.807) is 43.0 Å². The summed E-state index contributed by atoms with van der Waals surface area (Å²) in [7, 11) is 0. The maximum absolute atomic E-state index is 15.2. The van der Waals surface area contributed by atoms with Gasteiger partial charge in [-0.2, -0.15) is 15.0 Å². The van der Waals surface area contributed by atoms with Gasteiger partial charge in [0.05, 0.1) is 38.8 Å². The molecule has 1 amide bonds. The summed E-state index contributed by atoms with van der Waals surface area (Å²) < 4.78 is 22.4. The highest BCUT2D eigenvalue weighted by Gasteiger charge is 2.32. The largest absolute Gasteiger partial charge is 0.460 e. The van der Waals surface area contributed by atoms with E-state index in [9.17, 15) is 14.7 Å². The second kappa shape index (κ2) is 13.6. The van der Waals surface area contributed by atoms with Crippen LogP contribution in [-0.4, -0.2) is 78.3 Å². The van der Waals surface area contributed by atoms with Crippen LogP contribution in [0.1, 0.15) is 71.7 Å². The Bertz CT molecular complexity index is 1910. The zero-order valence-electron chi connectivity index (χ0n) is 28.3. The van der Waals surface area contributed by atoms with E-state index < -0.39 is 17.1 Å². The lowest BCUT2D eigenvalue weighted by atomic mass is 10.0. The monoisotopic (exact) mass is 677 g/mol. The molecule has 1 fully saturated rings. The van der Waals surface area contributed by atoms with Gasteiger partial charge < -0.3 is 19.6 Å². The zero-order valence-corrected chi connectivity index (χ0v) is 29.0. The van der Waals surface area contributed by atoms with Crippen molar-refractivity contribution in [1.29, 1.82) is 0 Å². The molecule has 4 heterocycles. The van der Waals surface area contributed by atoms with Crippen LogP contribution < -0.4 is 15.3 Å². The van der Waals surface area contributed by atoms with Gasteiger partial charge in [0.1, 0.15) is 18.2 Å². The van der Waals surface area contributed by atoms with Crippen molar-refractivity contribution in [3.05, 3.63) is 75.7 Å². The number of carbonyl (C=O) groups excluding carboxylic acids is 1. The molecule has 0 aliphatic carbocycles. The van der Waals surface area contributed by atoms with Gasteiger partial charge in [-0.05, 0) is 56.9 Å². The molecule has 0 bridgehead atoms. The number of anilines is 1. The van der Waals surface area contributed by atoms with Gasteiger partial charge in [0.2, 0.25) is 5.91 Å². The van der Waals surface area contributed by atoms with Crippen LogP contribution in [0.4, 0.5) is 10.2 Å². The molecule has 11 nitrogen and oxygen atoms in total. The summed E-state index contributed by atoms with van der Waals surface area (Å²) in [6, 6.07) is 7.67. The first-order chi connectivity index (χ1) is 22.6. The van der Waals surface area contributed by atoms with E-state index in [2.05, 4.69) is 11.6 Å². The van der Waals surface area contributed by atoms with Crippen molar-refractivity contribution in [1.82, 2.24) is 29.4 Å². The number of ether oxygens (including phenoxy) is 1. The minimum absolute atomic E-state index is 0.0452. The second-order valence-corrected chi connectivity index (χ2v) is 13.7. The smallest absolute Gasteiger partial charge is 0.355 e. The van der Waals surface area contributed by atoms with E-state index in [4.69, 9.17) is 31.3 Å². The van der Waals surface area contributed by atoms with Crippen molar-refractivity contribution >= 4 is 34.4 Å². The minimum atomic E-state index is -1.13. The standard InChI is InChI=1S/C35H41ClFN7O4/c1-9-26(45)42-14-15-43(21(6)17-42)31-23-16-24(36)29(22-12-10-11-13-25(22)37)38-32(23)44(34(46)41-31)30-27(19(2)3)39-33(40-28(30)20(4)5)48-18-35(7,8)47/h9-13,16,19-21,47H,1,14-15,17-18H2,2-8H3/t21-/m0/s1. The Morgan fingerprint density at radius 1 is 1.12 bits per heavy atom. The van der Waals surface area contributed by atoms with E-state index in [1.807, 2.05) is 39.5 Å². The maximum Gasteiger partial charge on any atom is 0.355 e. The summed E-state index contributed by atoms with van der Waals surface area (Å²) in [5, 5.41) is 10.9. The molecule has 3 aromatic heterocycles. The third kappa shape index (κ3) is 6.91. The first-order valence-corrected chi connectivity index (χ1v) is 16.3. The van der Waals surface area contributed by atoms with E-state index in [1.165, 1.54) is 16.7 Å². The number of nitrogens with zero attached hydrogens (tertiary/aromatic N) is 7. The molecule has 254 valence electrons. The van der Waals surface area contributed by atoms with Crippen LogP contribution in [0.15, 0.2) is 47.8 Å². The number of hydrogen-bond acceptors (Lipinski definition) is 9. The van der Waals surface area contributed by atoms with E-state index in [0.29, 0.717) is 47.9 Å². The van der Waals surface area contributed by atoms with E-state index >= 15 is 4.39 Å². The molecular formula is C35H41ClFN7O4. The topological polar surface area (TPSA) is 127 Å². The number of piperazine rings is 1. The summed E-state index contributed by atoms with van der Waals surface area (Å²) in [5.74, 6) is -0.761. The lowest BCUT2D eigenvalue weighted by Crippen LogP contribution is -2.54. The highest BCUT2D eigenvalue weighted by atomic mass is 35.5. The number of pyridine rings is 1. The Labute approximate surface area is 284 Å². The minimum Gasteiger partial charge on any atom is -0.460 e. The lowest BCUT2D eigenvalue weighted by molar-refractivity contribution is -0.126. The fraction of sp³-hybridized carbons (Fsp3) is 0.429. The summed E-state index contributed by atoms with van der Waals surface area (Å²) in [6.07, 6.45) is 1.28. The van der Waals surface area contributed by atoms with Crippen molar-refractivity contribution in [2.24, 2.45) is 0 Å². The van der Waals surface area contributed by atoms with Gasteiger partial charge in [0.15, 0.2) is 5.65 Å². The van der Waals surface area contributed by atoms with Crippen molar-refractivity contribution < 1.29 is 19.0 Å². The van der Waals surface area contributed by atoms with Gasteiger partial charge in [-0.25, -0.2) is 18.7 Å². The van der Waals surface area contributed by atoms with Gasteiger partial charge in [-0.1, -0.05) is 58.0 Å². The number of carbonyl (C=O) groups is 1. The van der Waals surface area contributed by atoms with Crippen molar-refractivity contribution in [3.63, 3.8) is 0 Å². The predicted octanol–water partition coefficient (Wildman–Crippen LogP) is 5.65. The Balaban J connectivity index is 1.83. The maximum atomic E-state index is 15.2. The highest BCUT2D eigenvalue weighted by molar-refractivity contribution is 6.33. The first-order valence-electron chi connectivity index (χ1n) is 15.9. The third-order valence-corrected chi connectivity index (χ3v) is 8.39. The summed E-state index contributed by atoms with van der Waals surface area (Å²) in [5.41, 5.74) is 0.171. The Morgan fingerprint density at radius 3 is 2.33 bits per heavy atom. The van der Waals surface area contributed by atoms with Crippen molar-refractivity contribution in [2.75, 3.05) is 31.1 Å². The van der Waals surface area contributed by atoms with Crippen LogP contribution in [0.25, 0.3) is 28.0 Å². The summed E-state index contributed by atoms with van der Waals surface area (Å²) in [6.45, 7) is 17.7. The molecule has 1 aromatic carbocycles. The van der Waals surface area contributed by atoms with Crippen molar-refractivity contribution in [3.8, 4) is 23.0 Å². The molecule has 1 saturated heterocycles. The molecule has 1 N–H and O–H groups in total. The fourth-order valence-electron chi connectivity index (χ4n) is 5.78. The molecular weight excluding hydrogens is 637 g/mol. The number of hydrogen-bond donors (Lipinski definition) is 1. The van der Waals surface area contributed by atoms with E-state index in [-0.39, 0.29) is 58.3 Å². The van der Waals surface area contributed by atoms with Crippen molar-refractivity contribution in [2.45, 2.75) is 71.9 Å². The molecule has 1 aliphatic rings. The van der Waals surface area contributed by atoms with E-state index in [0.717, 1.165) is 0 Å². The van der Waals surface area contributed by atoms with Crippen LogP contribution in [0.2, 0.25) is 5.02 Å². The van der Waals surface area contributed by atoms with Crippen LogP contribution >= 0.6 is 11.6 Å². The molecule has 1 atom stereocenters. The van der Waals surface area contributed by atoms with Crippen LogP contribution in [0.3, 0.4) is 0 Å². The van der Waals surface area contributed by atoms with Gasteiger partial charge in [0, 0.05) is 31.2 Å². The average Bonchev–Trinajstić information content (AvgIpc) is 3.02. The molecule has 0 unspecified atom stereocenters. The van der Waals surface area contributed by atoms with Gasteiger partial charge >= 0.3 is 11.7 Å². The fourth-order valence-corrected chi connectivity index (χ4v) is 6.03. The second-order valence-electron chi connectivity index (χ2n) is 13.3. The number of aliphatic hydroxyl groups is 1. The average molecular weight is 678 g/mol. The predicted molar refractivity (Wildman–Crippen MR) is 185 cm³/mol. The lowest BCUT2D eigenvalue weighted by Gasteiger charge is -2.40. The molecule has 1 aliphatic heterocycles. The Hall–Kier alpha value is -4.42. The van der Waals surface area contributed by atoms with Crippen LogP contribution in [-0.2, 0) is 4.79 Å². The third-order valence-electron chi connectivity index (χ3n) is 8.11. The summed E-state index contributed by atoms with van der Waals surface area (Å²) in [4.78, 5) is 49.4. The number of rotatable bonds is 9. The normalized spacial score (nSPS) is 15.5. The molecule has 4 aromatic rings. The quantitative estimate of drug-likeness (QED) is 0.224.